The minimum atomic E-state index is -1.55. The zero-order chi connectivity index (χ0) is 55.7. The summed E-state index contributed by atoms with van der Waals surface area (Å²) in [6, 6.07) is 14.8. The normalized spacial score (nSPS) is 15.7. The minimum Gasteiger partial charge on any atom is -0.396 e. The van der Waals surface area contributed by atoms with Crippen molar-refractivity contribution in [3.8, 4) is 10.4 Å². The fraction of sp³-hybridized carbons (Fsp3) is 0.534. The SMILES string of the molecule is CCc1ncc(-c2ccc(CNC(=O)C3CCCN3[C@@](C=O)(NC(=O)CCCCCCCCCCCCCC(=O)N3CCN(c4cc(Nc5ncc(C(=O)Nc6c(C)cccc6Cl)s5)nc(C)n4)CC3)C(C)(C)CO)cc2)s1. The van der Waals surface area contributed by atoms with Gasteiger partial charge in [0.1, 0.15) is 22.3 Å². The molecular weight excluding hydrogens is 1050 g/mol. The van der Waals surface area contributed by atoms with Crippen LogP contribution >= 0.6 is 34.3 Å². The number of aryl methyl sites for hydroxylation is 3. The van der Waals surface area contributed by atoms with E-state index < -0.39 is 17.1 Å². The van der Waals surface area contributed by atoms with Crippen LogP contribution < -0.4 is 26.2 Å². The van der Waals surface area contributed by atoms with Crippen LogP contribution in [-0.2, 0) is 32.1 Å². The Morgan fingerprint density at radius 3 is 2.15 bits per heavy atom. The Kier molecular flexibility index (Phi) is 22.1. The molecule has 17 nitrogen and oxygen atoms in total. The van der Waals surface area contributed by atoms with Crippen molar-refractivity contribution >= 4 is 86.6 Å². The molecule has 420 valence electrons. The number of para-hydroxylation sites is 1. The molecule has 2 fully saturated rings. The number of nitrogens with one attached hydrogen (secondary N) is 4. The number of hydrogen-bond acceptors (Lipinski definition) is 15. The molecule has 5 N–H and O–H groups in total. The number of carbonyl (C=O) groups is 5. The van der Waals surface area contributed by atoms with E-state index in [0.29, 0.717) is 104 Å². The highest BCUT2D eigenvalue weighted by molar-refractivity contribution is 7.17. The minimum absolute atomic E-state index is 0.200. The molecule has 1 unspecified atom stereocenters. The summed E-state index contributed by atoms with van der Waals surface area (Å²) in [5.74, 6) is 1.38. The lowest BCUT2D eigenvalue weighted by atomic mass is 9.77. The number of aromatic nitrogens is 4. The van der Waals surface area contributed by atoms with Crippen molar-refractivity contribution < 1.29 is 29.1 Å². The van der Waals surface area contributed by atoms with E-state index in [-0.39, 0.29) is 36.7 Å². The predicted molar refractivity (Wildman–Crippen MR) is 311 cm³/mol. The molecule has 7 rings (SSSR count). The smallest absolute Gasteiger partial charge is 0.267 e. The van der Waals surface area contributed by atoms with Crippen molar-refractivity contribution in [2.24, 2.45) is 5.41 Å². The van der Waals surface area contributed by atoms with Gasteiger partial charge in [0.25, 0.3) is 5.91 Å². The van der Waals surface area contributed by atoms with Gasteiger partial charge in [-0.2, -0.15) is 0 Å². The number of likely N-dealkylation sites (tertiary alicyclic amines) is 1. The number of hydrogen-bond donors (Lipinski definition) is 5. The van der Waals surface area contributed by atoms with Crippen LogP contribution in [0.4, 0.5) is 22.5 Å². The first-order chi connectivity index (χ1) is 37.6. The summed E-state index contributed by atoms with van der Waals surface area (Å²) in [6.45, 7) is 12.3. The molecule has 0 bridgehead atoms. The summed E-state index contributed by atoms with van der Waals surface area (Å²) in [4.78, 5) is 92.1. The second kappa shape index (κ2) is 28.9. The van der Waals surface area contributed by atoms with Crippen molar-refractivity contribution in [1.82, 2.24) is 40.4 Å². The molecular formula is C58H78ClN11O6S2. The van der Waals surface area contributed by atoms with E-state index in [4.69, 9.17) is 11.6 Å². The van der Waals surface area contributed by atoms with E-state index in [1.54, 1.807) is 36.2 Å². The maximum absolute atomic E-state index is 13.7. The number of unbranched alkanes of at least 4 members (excludes halogenated alkanes) is 10. The highest BCUT2D eigenvalue weighted by Gasteiger charge is 2.55. The third-order valence-corrected chi connectivity index (χ3v) is 17.4. The van der Waals surface area contributed by atoms with Crippen molar-refractivity contribution in [3.63, 3.8) is 0 Å². The van der Waals surface area contributed by atoms with Crippen LogP contribution in [0.2, 0.25) is 5.02 Å². The molecule has 2 aliphatic heterocycles. The largest absolute Gasteiger partial charge is 0.396 e. The monoisotopic (exact) mass is 1120 g/mol. The molecule has 0 radical (unpaired) electrons. The van der Waals surface area contributed by atoms with Gasteiger partial charge < -0.3 is 36.2 Å². The van der Waals surface area contributed by atoms with Crippen molar-refractivity contribution in [2.75, 3.05) is 54.9 Å². The van der Waals surface area contributed by atoms with Gasteiger partial charge in [-0.25, -0.2) is 19.9 Å². The number of aliphatic hydroxyl groups is 1. The van der Waals surface area contributed by atoms with Crippen LogP contribution in [0.5, 0.6) is 0 Å². The number of anilines is 4. The number of rotatable bonds is 29. The highest BCUT2D eigenvalue weighted by atomic mass is 35.5. The predicted octanol–water partition coefficient (Wildman–Crippen LogP) is 10.4. The molecule has 20 heteroatoms. The average molecular weight is 1120 g/mol. The first kappa shape index (κ1) is 59.8. The Labute approximate surface area is 472 Å². The van der Waals surface area contributed by atoms with Gasteiger partial charge in [0.2, 0.25) is 17.7 Å². The van der Waals surface area contributed by atoms with E-state index in [0.717, 1.165) is 103 Å². The maximum Gasteiger partial charge on any atom is 0.267 e. The lowest BCUT2D eigenvalue weighted by Gasteiger charge is -2.49. The molecule has 2 saturated heterocycles. The fourth-order valence-electron chi connectivity index (χ4n) is 10.2. The van der Waals surface area contributed by atoms with Crippen molar-refractivity contribution in [1.29, 1.82) is 0 Å². The Bertz CT molecular complexity index is 2780. The molecule has 4 amide bonds. The van der Waals surface area contributed by atoms with Gasteiger partial charge in [-0.15, -0.1) is 11.3 Å². The van der Waals surface area contributed by atoms with E-state index in [2.05, 4.69) is 53.0 Å². The number of aldehydes is 1. The Morgan fingerprint density at radius 2 is 1.51 bits per heavy atom. The van der Waals surface area contributed by atoms with Gasteiger partial charge in [-0.3, -0.25) is 28.9 Å². The molecule has 5 heterocycles. The first-order valence-electron chi connectivity index (χ1n) is 27.8. The van der Waals surface area contributed by atoms with Gasteiger partial charge in [-0.05, 0) is 68.7 Å². The zero-order valence-corrected chi connectivity index (χ0v) is 48.4. The van der Waals surface area contributed by atoms with Gasteiger partial charge in [0, 0.05) is 69.8 Å². The molecule has 0 saturated carbocycles. The molecule has 2 aliphatic rings. The lowest BCUT2D eigenvalue weighted by molar-refractivity contribution is -0.151. The summed E-state index contributed by atoms with van der Waals surface area (Å²) >= 11 is 9.20. The number of thiazole rings is 2. The van der Waals surface area contributed by atoms with Gasteiger partial charge in [-0.1, -0.05) is 138 Å². The summed E-state index contributed by atoms with van der Waals surface area (Å²) in [7, 11) is 0. The molecule has 2 aromatic carbocycles. The van der Waals surface area contributed by atoms with Crippen LogP contribution in [0, 0.1) is 19.3 Å². The van der Waals surface area contributed by atoms with Crippen LogP contribution in [0.15, 0.2) is 60.9 Å². The second-order valence-corrected chi connectivity index (χ2v) is 23.7. The number of halogens is 1. The van der Waals surface area contributed by atoms with Gasteiger partial charge >= 0.3 is 0 Å². The number of piperazine rings is 1. The molecule has 0 aliphatic carbocycles. The quantitative estimate of drug-likeness (QED) is 0.0223. The van der Waals surface area contributed by atoms with Crippen LogP contribution in [0.25, 0.3) is 10.4 Å². The summed E-state index contributed by atoms with van der Waals surface area (Å²) in [6.07, 6.45) is 18.4. The summed E-state index contributed by atoms with van der Waals surface area (Å²) < 4.78 is 0. The van der Waals surface area contributed by atoms with Gasteiger partial charge in [0.05, 0.1) is 39.4 Å². The second-order valence-electron chi connectivity index (χ2n) is 21.2. The van der Waals surface area contributed by atoms with E-state index in [9.17, 15) is 29.1 Å². The topological polar surface area (TPSA) is 215 Å². The lowest BCUT2D eigenvalue weighted by Crippen LogP contribution is -2.72. The molecule has 3 aromatic heterocycles. The fourth-order valence-corrected chi connectivity index (χ4v) is 12.1. The van der Waals surface area contributed by atoms with Gasteiger partial charge in [0.15, 0.2) is 17.1 Å². The Balaban J connectivity index is 0.731. The molecule has 78 heavy (non-hydrogen) atoms. The highest BCUT2D eigenvalue weighted by Crippen LogP contribution is 2.38. The number of benzene rings is 2. The average Bonchev–Trinajstić information content (AvgIpc) is 4.31. The number of nitrogens with zero attached hydrogens (tertiary/aromatic N) is 7. The number of carbonyl (C=O) groups excluding carboxylic acids is 5. The third kappa shape index (κ3) is 15.9. The van der Waals surface area contributed by atoms with Crippen LogP contribution in [0.1, 0.15) is 149 Å². The number of amides is 4. The van der Waals surface area contributed by atoms with Crippen LogP contribution in [-0.4, -0.2) is 116 Å². The third-order valence-electron chi connectivity index (χ3n) is 15.0. The maximum atomic E-state index is 13.7. The Morgan fingerprint density at radius 1 is 0.833 bits per heavy atom. The van der Waals surface area contributed by atoms with E-state index >= 15 is 0 Å². The molecule has 5 aromatic rings. The number of aliphatic hydroxyl groups excluding tert-OH is 1. The Hall–Kier alpha value is -5.86. The van der Waals surface area contributed by atoms with Crippen LogP contribution in [0.3, 0.4) is 0 Å². The summed E-state index contributed by atoms with van der Waals surface area (Å²) in [5.41, 5.74) is 0.859. The van der Waals surface area contributed by atoms with Crippen molar-refractivity contribution in [3.05, 3.63) is 92.8 Å². The van der Waals surface area contributed by atoms with E-state index in [1.807, 2.05) is 67.4 Å². The standard InChI is InChI=1S/C58H78ClN11O6S2/c1-6-51-60-36-46(77-51)43-27-25-42(26-28-43)35-61-54(75)45-22-19-29-70(45)58(39-72,57(4,5)38-71)67-50(73)23-16-14-12-10-8-7-9-11-13-15-17-24-52(74)69-32-30-68(31-33-69)49-34-48(63-41(3)64-49)65-56-62-37-47(78-56)55(76)66-53-40(2)20-18-21-44(53)59/h18,20-21,25-28,34,36-37,39,45,71H,6-17,19,22-24,29-33,35,38H2,1-5H3,(H,61,75)(H,66,76)(H,67,73)(H,62,63,64,65)/t45?,58-/m1/s1. The van der Waals surface area contributed by atoms with Crippen molar-refractivity contribution in [2.45, 2.75) is 156 Å². The summed E-state index contributed by atoms with van der Waals surface area (Å²) in [5, 5.41) is 24.8. The van der Waals surface area contributed by atoms with E-state index in [1.165, 1.54) is 17.5 Å². The molecule has 2 atom stereocenters. The zero-order valence-electron chi connectivity index (χ0n) is 46.0. The first-order valence-corrected chi connectivity index (χ1v) is 29.8. The molecule has 0 spiro atoms.